The van der Waals surface area contributed by atoms with E-state index in [9.17, 15) is 0 Å². The van der Waals surface area contributed by atoms with Gasteiger partial charge in [-0.3, -0.25) is 4.68 Å². The zero-order chi connectivity index (χ0) is 15.9. The summed E-state index contributed by atoms with van der Waals surface area (Å²) < 4.78 is 7.23. The van der Waals surface area contributed by atoms with E-state index in [0.29, 0.717) is 6.54 Å². The van der Waals surface area contributed by atoms with Crippen LogP contribution in [0.4, 0.5) is 0 Å². The number of nitrogens with zero attached hydrogens (tertiary/aromatic N) is 3. The third-order valence-electron chi connectivity index (χ3n) is 3.64. The number of hydrogen-bond acceptors (Lipinski definition) is 3. The van der Waals surface area contributed by atoms with E-state index < -0.39 is 0 Å². The molecule has 22 heavy (non-hydrogen) atoms. The molecule has 0 atom stereocenters. The van der Waals surface area contributed by atoms with Crippen molar-refractivity contribution >= 4 is 5.96 Å². The lowest BCUT2D eigenvalue weighted by atomic mass is 10.2. The van der Waals surface area contributed by atoms with Crippen LogP contribution in [0.1, 0.15) is 29.6 Å². The molecule has 0 saturated heterocycles. The molecule has 0 aliphatic heterocycles. The maximum absolute atomic E-state index is 5.33. The van der Waals surface area contributed by atoms with Gasteiger partial charge in [0, 0.05) is 37.8 Å². The molecule has 2 N–H and O–H groups in total. The van der Waals surface area contributed by atoms with Crippen molar-refractivity contribution in [2.45, 2.75) is 33.7 Å². The molecule has 0 unspecified atom stereocenters. The van der Waals surface area contributed by atoms with Gasteiger partial charge < -0.3 is 15.1 Å². The topological polar surface area (TPSA) is 67.4 Å². The molecule has 0 radical (unpaired) electrons. The monoisotopic (exact) mass is 303 g/mol. The first-order valence-corrected chi connectivity index (χ1v) is 7.65. The van der Waals surface area contributed by atoms with Crippen molar-refractivity contribution in [3.05, 3.63) is 41.1 Å². The first-order chi connectivity index (χ1) is 10.6. The van der Waals surface area contributed by atoms with Crippen molar-refractivity contribution in [1.29, 1.82) is 0 Å². The molecule has 6 nitrogen and oxygen atoms in total. The largest absolute Gasteiger partial charge is 0.469 e. The van der Waals surface area contributed by atoms with Gasteiger partial charge in [-0.15, -0.1) is 0 Å². The van der Waals surface area contributed by atoms with Gasteiger partial charge in [0.2, 0.25) is 0 Å². The van der Waals surface area contributed by atoms with Crippen LogP contribution >= 0.6 is 0 Å². The third-order valence-corrected chi connectivity index (χ3v) is 3.64. The second-order valence-corrected chi connectivity index (χ2v) is 5.22. The number of aromatic nitrogens is 2. The van der Waals surface area contributed by atoms with E-state index in [4.69, 9.17) is 4.42 Å². The summed E-state index contributed by atoms with van der Waals surface area (Å²) in [6.07, 6.45) is 2.53. The summed E-state index contributed by atoms with van der Waals surface area (Å²) in [4.78, 5) is 4.65. The van der Waals surface area contributed by atoms with Gasteiger partial charge in [-0.05, 0) is 32.9 Å². The summed E-state index contributed by atoms with van der Waals surface area (Å²) >= 11 is 0. The van der Waals surface area contributed by atoms with Crippen LogP contribution in [0.15, 0.2) is 27.8 Å². The van der Waals surface area contributed by atoms with Gasteiger partial charge in [-0.2, -0.15) is 5.10 Å². The van der Waals surface area contributed by atoms with Crippen LogP contribution in [0, 0.1) is 13.8 Å². The minimum absolute atomic E-state index is 0.627. The summed E-state index contributed by atoms with van der Waals surface area (Å²) in [6.45, 7) is 8.39. The number of guanidine groups is 1. The van der Waals surface area contributed by atoms with Gasteiger partial charge in [0.05, 0.1) is 18.5 Å². The average molecular weight is 303 g/mol. The highest BCUT2D eigenvalue weighted by molar-refractivity contribution is 5.79. The Labute approximate surface area is 131 Å². The molecular weight excluding hydrogens is 278 g/mol. The normalized spacial score (nSPS) is 11.7. The fourth-order valence-electron chi connectivity index (χ4n) is 2.31. The maximum atomic E-state index is 5.33. The number of nitrogens with one attached hydrogen (secondary N) is 2. The second kappa shape index (κ2) is 7.68. The van der Waals surface area contributed by atoms with E-state index in [1.165, 1.54) is 5.56 Å². The Morgan fingerprint density at radius 1 is 1.36 bits per heavy atom. The van der Waals surface area contributed by atoms with Crippen LogP contribution in [-0.2, 0) is 20.0 Å². The van der Waals surface area contributed by atoms with E-state index in [0.717, 1.165) is 42.6 Å². The summed E-state index contributed by atoms with van der Waals surface area (Å²) in [6, 6.07) is 3.89. The number of aryl methyl sites for hydroxylation is 2. The molecule has 0 spiro atoms. The van der Waals surface area contributed by atoms with Crippen molar-refractivity contribution in [3.63, 3.8) is 0 Å². The molecule has 120 valence electrons. The van der Waals surface area contributed by atoms with Crippen molar-refractivity contribution in [2.24, 2.45) is 12.0 Å². The second-order valence-electron chi connectivity index (χ2n) is 5.22. The molecule has 0 amide bonds. The quantitative estimate of drug-likeness (QED) is 0.632. The Hall–Kier alpha value is -2.24. The SMILES string of the molecule is CCNC(=NCc1c(C)nn(C)c1C)NCCc1ccco1. The molecule has 0 bridgehead atoms. The molecule has 2 heterocycles. The highest BCUT2D eigenvalue weighted by Gasteiger charge is 2.09. The third kappa shape index (κ3) is 4.13. The highest BCUT2D eigenvalue weighted by Crippen LogP contribution is 2.12. The zero-order valence-corrected chi connectivity index (χ0v) is 13.8. The fraction of sp³-hybridized carbons (Fsp3) is 0.500. The van der Waals surface area contributed by atoms with E-state index in [-0.39, 0.29) is 0 Å². The predicted octanol–water partition coefficient (Wildman–Crippen LogP) is 1.93. The lowest BCUT2D eigenvalue weighted by molar-refractivity contribution is 0.507. The molecule has 0 saturated carbocycles. The molecule has 2 rings (SSSR count). The van der Waals surface area contributed by atoms with Gasteiger partial charge in [-0.1, -0.05) is 0 Å². The lowest BCUT2D eigenvalue weighted by Crippen LogP contribution is -2.38. The van der Waals surface area contributed by atoms with Crippen LogP contribution in [-0.4, -0.2) is 28.8 Å². The molecular formula is C16H25N5O. The smallest absolute Gasteiger partial charge is 0.191 e. The van der Waals surface area contributed by atoms with Crippen molar-refractivity contribution in [2.75, 3.05) is 13.1 Å². The Morgan fingerprint density at radius 2 is 2.18 bits per heavy atom. The molecule has 0 aromatic carbocycles. The molecule has 2 aromatic heterocycles. The lowest BCUT2D eigenvalue weighted by Gasteiger charge is -2.10. The van der Waals surface area contributed by atoms with Gasteiger partial charge in [0.1, 0.15) is 5.76 Å². The van der Waals surface area contributed by atoms with Crippen LogP contribution in [0.2, 0.25) is 0 Å². The molecule has 0 aliphatic carbocycles. The summed E-state index contributed by atoms with van der Waals surface area (Å²) in [5, 5.41) is 11.0. The van der Waals surface area contributed by atoms with Gasteiger partial charge in [-0.25, -0.2) is 4.99 Å². The Morgan fingerprint density at radius 3 is 2.77 bits per heavy atom. The Balaban J connectivity index is 1.94. The van der Waals surface area contributed by atoms with E-state index in [1.807, 2.05) is 30.8 Å². The molecule has 0 aliphatic rings. The number of hydrogen-bond donors (Lipinski definition) is 2. The Bertz CT molecular complexity index is 613. The minimum Gasteiger partial charge on any atom is -0.469 e. The van der Waals surface area contributed by atoms with Gasteiger partial charge >= 0.3 is 0 Å². The first kappa shape index (κ1) is 16.1. The maximum Gasteiger partial charge on any atom is 0.191 e. The summed E-state index contributed by atoms with van der Waals surface area (Å²) in [7, 11) is 1.96. The minimum atomic E-state index is 0.627. The summed E-state index contributed by atoms with van der Waals surface area (Å²) in [5.41, 5.74) is 3.38. The van der Waals surface area contributed by atoms with E-state index >= 15 is 0 Å². The number of furan rings is 1. The van der Waals surface area contributed by atoms with Crippen molar-refractivity contribution < 1.29 is 4.42 Å². The molecule has 6 heteroatoms. The van der Waals surface area contributed by atoms with Crippen molar-refractivity contribution in [1.82, 2.24) is 20.4 Å². The number of aliphatic imine (C=N–C) groups is 1. The zero-order valence-electron chi connectivity index (χ0n) is 13.8. The molecule has 0 fully saturated rings. The standard InChI is InChI=1S/C16H25N5O/c1-5-17-16(18-9-8-14-7-6-10-22-14)19-11-15-12(2)20-21(4)13(15)3/h6-7,10H,5,8-9,11H2,1-4H3,(H2,17,18,19). The van der Waals surface area contributed by atoms with Gasteiger partial charge in [0.15, 0.2) is 5.96 Å². The fourth-order valence-corrected chi connectivity index (χ4v) is 2.31. The highest BCUT2D eigenvalue weighted by atomic mass is 16.3. The van der Waals surface area contributed by atoms with Gasteiger partial charge in [0.25, 0.3) is 0 Å². The molecule has 2 aromatic rings. The van der Waals surface area contributed by atoms with E-state index in [1.54, 1.807) is 6.26 Å². The van der Waals surface area contributed by atoms with Crippen LogP contribution in [0.3, 0.4) is 0 Å². The average Bonchev–Trinajstić information content (AvgIpc) is 3.07. The van der Waals surface area contributed by atoms with Crippen LogP contribution in [0.25, 0.3) is 0 Å². The van der Waals surface area contributed by atoms with Crippen LogP contribution < -0.4 is 10.6 Å². The van der Waals surface area contributed by atoms with E-state index in [2.05, 4.69) is 34.6 Å². The predicted molar refractivity (Wildman–Crippen MR) is 87.9 cm³/mol. The first-order valence-electron chi connectivity index (χ1n) is 7.65. The summed E-state index contributed by atoms with van der Waals surface area (Å²) in [5.74, 6) is 1.79. The van der Waals surface area contributed by atoms with Crippen molar-refractivity contribution in [3.8, 4) is 0 Å². The Kier molecular flexibility index (Phi) is 5.63. The number of rotatable bonds is 6. The van der Waals surface area contributed by atoms with Crippen LogP contribution in [0.5, 0.6) is 0 Å².